The number of para-hydroxylation sites is 8. The van der Waals surface area contributed by atoms with Crippen LogP contribution in [0.15, 0.2) is 231 Å². The van der Waals surface area contributed by atoms with Gasteiger partial charge in [-0.1, -0.05) is 222 Å². The number of ether oxygens (including phenoxy) is 2. The highest BCUT2D eigenvalue weighted by Gasteiger charge is 2.46. The van der Waals surface area contributed by atoms with E-state index >= 15 is 0 Å². The molecule has 15 rings (SSSR count). The number of nitrogens with zero attached hydrogens (tertiary/aromatic N) is 5. The predicted octanol–water partition coefficient (Wildman–Crippen LogP) is 24.2. The van der Waals surface area contributed by atoms with Crippen LogP contribution in [-0.4, -0.2) is 6.71 Å². The molecule has 0 saturated carbocycles. The molecule has 4 aliphatic rings. The maximum atomic E-state index is 6.74. The van der Waals surface area contributed by atoms with Crippen LogP contribution in [0, 0.1) is 0 Å². The van der Waals surface area contributed by atoms with Crippen molar-refractivity contribution in [1.82, 2.24) is 0 Å². The van der Waals surface area contributed by atoms with Gasteiger partial charge >= 0.3 is 0 Å². The third kappa shape index (κ3) is 11.2. The van der Waals surface area contributed by atoms with E-state index < -0.39 is 0 Å². The van der Waals surface area contributed by atoms with Crippen LogP contribution in [0.25, 0.3) is 0 Å². The van der Waals surface area contributed by atoms with Crippen LogP contribution in [-0.2, 0) is 32.5 Å². The van der Waals surface area contributed by atoms with Crippen LogP contribution in [0.1, 0.15) is 158 Å². The quantitative estimate of drug-likeness (QED) is 0.147. The number of fused-ring (bicyclic) bond motifs is 8. The lowest BCUT2D eigenvalue weighted by molar-refractivity contribution is 0.477. The zero-order valence-corrected chi connectivity index (χ0v) is 60.6. The first-order chi connectivity index (χ1) is 46.4. The van der Waals surface area contributed by atoms with Crippen molar-refractivity contribution in [3.63, 3.8) is 0 Å². The van der Waals surface area contributed by atoms with Crippen molar-refractivity contribution in [1.29, 1.82) is 0 Å². The summed E-state index contributed by atoms with van der Waals surface area (Å²) in [5, 5.41) is 0. The van der Waals surface area contributed by atoms with Gasteiger partial charge < -0.3 is 34.0 Å². The molecule has 0 spiro atoms. The first-order valence-corrected chi connectivity index (χ1v) is 35.1. The summed E-state index contributed by atoms with van der Waals surface area (Å²) in [6.45, 7) is 41.9. The van der Waals surface area contributed by atoms with Gasteiger partial charge in [0.05, 0.1) is 28.4 Å². The van der Waals surface area contributed by atoms with Crippen molar-refractivity contribution < 1.29 is 9.47 Å². The topological polar surface area (TPSA) is 34.7 Å². The Morgan fingerprint density at radius 2 is 0.531 bits per heavy atom. The number of anilines is 15. The third-order valence-corrected chi connectivity index (χ3v) is 20.5. The monoisotopic (exact) mass is 1290 g/mol. The zero-order valence-electron chi connectivity index (χ0n) is 60.6. The summed E-state index contributed by atoms with van der Waals surface area (Å²) in [7, 11) is 0. The summed E-state index contributed by atoms with van der Waals surface area (Å²) >= 11 is 0. The van der Waals surface area contributed by atoms with E-state index in [4.69, 9.17) is 9.47 Å². The molecule has 0 N–H and O–H groups in total. The van der Waals surface area contributed by atoms with Crippen LogP contribution in [0.2, 0.25) is 0 Å². The minimum Gasteiger partial charge on any atom is -0.453 e. The highest BCUT2D eigenvalue weighted by molar-refractivity contribution is 7.00. The van der Waals surface area contributed by atoms with Gasteiger partial charge in [0.2, 0.25) is 0 Å². The summed E-state index contributed by atoms with van der Waals surface area (Å²) < 4.78 is 13.5. The molecule has 11 aromatic rings. The standard InChI is InChI=1S/C90H92BN5O2/c1-85(2,3)57-35-39-63(40-36-57)92(64-41-37-58(38-42-64)86(4,5)6)69-55-78-84-79(56-69)96(68-51-61(89(13,14)15)48-62(52-68)90(16,17)18)77-54-66(94-74-29-21-25-33-82(74)98-83-34-26-22-30-75(83)94)44-46-71(77)91(84)70-45-43-65(93-72-27-19-23-31-80(72)97-81-32-24-20-28-73(81)93)53-76(70)95(78)67-49-59(87(7,8)9)47-60(50-67)88(10,11)12/h19-56H,1-18H3. The fraction of sp³-hybridized carbons (Fsp3) is 0.267. The van der Waals surface area contributed by atoms with E-state index in [1.165, 1.54) is 49.8 Å². The highest BCUT2D eigenvalue weighted by Crippen LogP contribution is 2.56. The first kappa shape index (κ1) is 64.1. The van der Waals surface area contributed by atoms with E-state index in [1.807, 2.05) is 0 Å². The molecule has 8 heteroatoms. The van der Waals surface area contributed by atoms with Crippen molar-refractivity contribution in [2.75, 3.05) is 24.5 Å². The summed E-state index contributed by atoms with van der Waals surface area (Å²) in [6.07, 6.45) is 0. The molecule has 0 saturated heterocycles. The average molecular weight is 1290 g/mol. The molecule has 0 amide bonds. The van der Waals surface area contributed by atoms with E-state index in [0.717, 1.165) is 108 Å². The smallest absolute Gasteiger partial charge is 0.252 e. The number of rotatable bonds is 7. The summed E-state index contributed by atoms with van der Waals surface area (Å²) in [5.41, 5.74) is 26.3. The van der Waals surface area contributed by atoms with Gasteiger partial charge in [-0.3, -0.25) is 0 Å². The van der Waals surface area contributed by atoms with Gasteiger partial charge in [0, 0.05) is 56.9 Å². The maximum Gasteiger partial charge on any atom is 0.252 e. The van der Waals surface area contributed by atoms with E-state index in [0.29, 0.717) is 0 Å². The SMILES string of the molecule is CC(C)(C)c1ccc(N(c2ccc(C(C)(C)C)cc2)c2cc3c4c(c2)N(c2cc(C(C)(C)C)cc(C(C)(C)C)c2)c2cc(N5c6ccccc6Oc6ccccc65)ccc2B4c2ccc(N4c5ccccc5Oc5ccccc54)cc2N3c2cc(C(C)(C)C)cc(C(C)(C)C)c2)cc1. The van der Waals surface area contributed by atoms with Crippen molar-refractivity contribution in [3.05, 3.63) is 264 Å². The maximum absolute atomic E-state index is 6.74. The summed E-state index contributed by atoms with van der Waals surface area (Å²) in [6, 6.07) is 87.0. The lowest BCUT2D eigenvalue weighted by Gasteiger charge is -2.46. The average Bonchev–Trinajstić information content (AvgIpc) is 0.688. The van der Waals surface area contributed by atoms with Gasteiger partial charge in [0.25, 0.3) is 6.71 Å². The van der Waals surface area contributed by atoms with Crippen molar-refractivity contribution in [2.24, 2.45) is 0 Å². The van der Waals surface area contributed by atoms with Gasteiger partial charge in [-0.15, -0.1) is 0 Å². The Hall–Kier alpha value is -9.92. The Morgan fingerprint density at radius 3 is 0.827 bits per heavy atom. The molecule has 0 fully saturated rings. The molecule has 0 aromatic heterocycles. The van der Waals surface area contributed by atoms with E-state index in [-0.39, 0.29) is 39.2 Å². The molecule has 4 aliphatic heterocycles. The molecule has 7 nitrogen and oxygen atoms in total. The Balaban J connectivity index is 1.11. The van der Waals surface area contributed by atoms with E-state index in [2.05, 4.69) is 380 Å². The largest absolute Gasteiger partial charge is 0.453 e. The molecule has 0 aliphatic carbocycles. The van der Waals surface area contributed by atoms with Crippen LogP contribution in [0.4, 0.5) is 85.3 Å². The van der Waals surface area contributed by atoms with Crippen LogP contribution >= 0.6 is 0 Å². The minimum atomic E-state index is -0.241. The Kier molecular flexibility index (Phi) is 14.9. The Bertz CT molecular complexity index is 4500. The molecule has 0 bridgehead atoms. The molecule has 98 heavy (non-hydrogen) atoms. The number of hydrogen-bond donors (Lipinski definition) is 0. The second kappa shape index (κ2) is 22.8. The van der Waals surface area contributed by atoms with E-state index in [1.54, 1.807) is 0 Å². The zero-order chi connectivity index (χ0) is 68.9. The van der Waals surface area contributed by atoms with Gasteiger partial charge in [-0.2, -0.15) is 0 Å². The summed E-state index contributed by atoms with van der Waals surface area (Å²) in [5.74, 6) is 3.25. The van der Waals surface area contributed by atoms with Crippen molar-refractivity contribution in [2.45, 2.75) is 157 Å². The number of hydrogen-bond acceptors (Lipinski definition) is 7. The number of benzene rings is 11. The second-order valence-corrected chi connectivity index (χ2v) is 33.7. The lowest BCUT2D eigenvalue weighted by Crippen LogP contribution is -2.61. The molecule has 0 radical (unpaired) electrons. The van der Waals surface area contributed by atoms with Crippen LogP contribution < -0.4 is 50.4 Å². The van der Waals surface area contributed by atoms with Crippen LogP contribution in [0.3, 0.4) is 0 Å². The van der Waals surface area contributed by atoms with E-state index in [9.17, 15) is 0 Å². The minimum absolute atomic E-state index is 0.0556. The fourth-order valence-electron chi connectivity index (χ4n) is 14.8. The van der Waals surface area contributed by atoms with Gasteiger partial charge in [0.1, 0.15) is 0 Å². The Morgan fingerprint density at radius 1 is 0.245 bits per heavy atom. The third-order valence-electron chi connectivity index (χ3n) is 20.5. The van der Waals surface area contributed by atoms with Crippen molar-refractivity contribution >= 4 is 108 Å². The molecule has 0 atom stereocenters. The predicted molar refractivity (Wildman–Crippen MR) is 417 cm³/mol. The first-order valence-electron chi connectivity index (χ1n) is 35.1. The second-order valence-electron chi connectivity index (χ2n) is 33.7. The summed E-state index contributed by atoms with van der Waals surface area (Å²) in [4.78, 5) is 12.6. The molecular formula is C90H92BN5O2. The lowest BCUT2D eigenvalue weighted by atomic mass is 9.33. The van der Waals surface area contributed by atoms with Crippen molar-refractivity contribution in [3.8, 4) is 23.0 Å². The normalized spacial score (nSPS) is 14.1. The molecule has 11 aromatic carbocycles. The van der Waals surface area contributed by atoms with Crippen LogP contribution in [0.5, 0.6) is 23.0 Å². The fourth-order valence-corrected chi connectivity index (χ4v) is 14.8. The highest BCUT2D eigenvalue weighted by atomic mass is 16.5. The van der Waals surface area contributed by atoms with Gasteiger partial charge in [-0.25, -0.2) is 0 Å². The molecule has 0 unspecified atom stereocenters. The Labute approximate surface area is 583 Å². The molecule has 492 valence electrons. The molecule has 4 heterocycles. The van der Waals surface area contributed by atoms with Gasteiger partial charge in [-0.05, 0) is 216 Å². The molecular weight excluding hydrogens is 1190 g/mol. The van der Waals surface area contributed by atoms with Gasteiger partial charge in [0.15, 0.2) is 23.0 Å².